The smallest absolute Gasteiger partial charge is 0.410 e. The molecule has 1 aliphatic rings. The number of rotatable bonds is 7. The molecular formula is C18H26ClFN2O2. The number of nitrogens with one attached hydrogen (secondary N) is 1. The predicted molar refractivity (Wildman–Crippen MR) is 93.7 cm³/mol. The summed E-state index contributed by atoms with van der Waals surface area (Å²) in [4.78, 5) is 14.0. The molecule has 4 nitrogen and oxygen atoms in total. The second kappa shape index (κ2) is 8.17. The van der Waals surface area contributed by atoms with Crippen molar-refractivity contribution in [2.75, 3.05) is 13.1 Å². The van der Waals surface area contributed by atoms with Crippen molar-refractivity contribution in [1.29, 1.82) is 0 Å². The Kier molecular flexibility index (Phi) is 6.47. The molecule has 0 aromatic heterocycles. The van der Waals surface area contributed by atoms with Crippen LogP contribution >= 0.6 is 11.6 Å². The lowest BCUT2D eigenvalue weighted by atomic mass is 10.2. The van der Waals surface area contributed by atoms with Gasteiger partial charge in [0.1, 0.15) is 11.4 Å². The van der Waals surface area contributed by atoms with Crippen molar-refractivity contribution in [3.05, 3.63) is 34.6 Å². The molecule has 1 N–H and O–H groups in total. The third kappa shape index (κ3) is 6.29. The monoisotopic (exact) mass is 356 g/mol. The summed E-state index contributed by atoms with van der Waals surface area (Å²) in [5.41, 5.74) is 0.111. The van der Waals surface area contributed by atoms with Crippen LogP contribution < -0.4 is 5.32 Å². The molecule has 134 valence electrons. The molecule has 0 bridgehead atoms. The number of carbonyl (C=O) groups is 1. The van der Waals surface area contributed by atoms with E-state index in [1.807, 2.05) is 25.7 Å². The molecule has 1 aromatic carbocycles. The van der Waals surface area contributed by atoms with Crippen LogP contribution in [0.1, 0.15) is 45.6 Å². The molecule has 0 atom stereocenters. The quantitative estimate of drug-likeness (QED) is 0.738. The molecule has 0 saturated heterocycles. The fraction of sp³-hybridized carbons (Fsp3) is 0.611. The molecule has 0 heterocycles. The molecule has 24 heavy (non-hydrogen) atoms. The largest absolute Gasteiger partial charge is 0.444 e. The van der Waals surface area contributed by atoms with Gasteiger partial charge in [0.05, 0.1) is 0 Å². The highest BCUT2D eigenvalue weighted by Gasteiger charge is 2.34. The average molecular weight is 357 g/mol. The van der Waals surface area contributed by atoms with Crippen LogP contribution in [0.2, 0.25) is 5.02 Å². The van der Waals surface area contributed by atoms with Gasteiger partial charge in [-0.3, -0.25) is 0 Å². The van der Waals surface area contributed by atoms with Crippen molar-refractivity contribution < 1.29 is 13.9 Å². The van der Waals surface area contributed by atoms with Crippen molar-refractivity contribution >= 4 is 17.7 Å². The Labute approximate surface area is 148 Å². The zero-order chi connectivity index (χ0) is 17.7. The van der Waals surface area contributed by atoms with E-state index in [1.165, 1.54) is 6.07 Å². The summed E-state index contributed by atoms with van der Waals surface area (Å²) in [5.74, 6) is -0.302. The van der Waals surface area contributed by atoms with Gasteiger partial charge >= 0.3 is 6.09 Å². The SMILES string of the molecule is CC(C)(C)OC(=O)N(CCCNCc1ccc(Cl)cc1F)C1CC1. The van der Waals surface area contributed by atoms with Crippen molar-refractivity contribution in [3.8, 4) is 0 Å². The predicted octanol–water partition coefficient (Wildman–Crippen LogP) is 4.36. The van der Waals surface area contributed by atoms with Gasteiger partial charge < -0.3 is 15.0 Å². The maximum Gasteiger partial charge on any atom is 0.410 e. The first-order valence-electron chi connectivity index (χ1n) is 8.40. The topological polar surface area (TPSA) is 41.6 Å². The van der Waals surface area contributed by atoms with E-state index in [2.05, 4.69) is 5.32 Å². The minimum Gasteiger partial charge on any atom is -0.444 e. The zero-order valence-corrected chi connectivity index (χ0v) is 15.3. The van der Waals surface area contributed by atoms with Gasteiger partial charge in [-0.25, -0.2) is 9.18 Å². The van der Waals surface area contributed by atoms with Crippen LogP contribution in [0.15, 0.2) is 18.2 Å². The number of benzene rings is 1. The average Bonchev–Trinajstić information content (AvgIpc) is 3.27. The lowest BCUT2D eigenvalue weighted by Gasteiger charge is -2.27. The van der Waals surface area contributed by atoms with E-state index in [0.29, 0.717) is 36.3 Å². The van der Waals surface area contributed by atoms with E-state index in [9.17, 15) is 9.18 Å². The number of carbonyl (C=O) groups excluding carboxylic acids is 1. The fourth-order valence-corrected chi connectivity index (χ4v) is 2.55. The Balaban J connectivity index is 1.72. The second-order valence-corrected chi connectivity index (χ2v) is 7.61. The van der Waals surface area contributed by atoms with Gasteiger partial charge in [-0.2, -0.15) is 0 Å². The summed E-state index contributed by atoms with van der Waals surface area (Å²) in [6.45, 7) is 7.41. The highest BCUT2D eigenvalue weighted by atomic mass is 35.5. The summed E-state index contributed by atoms with van der Waals surface area (Å²) in [5, 5.41) is 3.60. The van der Waals surface area contributed by atoms with Crippen LogP contribution in [0.3, 0.4) is 0 Å². The maximum absolute atomic E-state index is 13.7. The minimum absolute atomic E-state index is 0.242. The number of amides is 1. The van der Waals surface area contributed by atoms with Gasteiger partial charge in [0.25, 0.3) is 0 Å². The number of ether oxygens (including phenoxy) is 1. The Bertz CT molecular complexity index is 571. The van der Waals surface area contributed by atoms with Gasteiger partial charge in [0.15, 0.2) is 0 Å². The lowest BCUT2D eigenvalue weighted by Crippen LogP contribution is -2.39. The summed E-state index contributed by atoms with van der Waals surface area (Å²) < 4.78 is 19.1. The molecule has 0 radical (unpaired) electrons. The van der Waals surface area contributed by atoms with Crippen LogP contribution in [0, 0.1) is 5.82 Å². The first-order valence-corrected chi connectivity index (χ1v) is 8.78. The molecule has 2 rings (SSSR count). The third-order valence-electron chi connectivity index (χ3n) is 3.70. The molecule has 0 aliphatic heterocycles. The number of hydrogen-bond acceptors (Lipinski definition) is 3. The molecular weight excluding hydrogens is 331 g/mol. The van der Waals surface area contributed by atoms with Crippen LogP contribution in [0.4, 0.5) is 9.18 Å². The van der Waals surface area contributed by atoms with E-state index in [-0.39, 0.29) is 11.9 Å². The summed E-state index contributed by atoms with van der Waals surface area (Å²) in [6, 6.07) is 4.99. The van der Waals surface area contributed by atoms with Gasteiger partial charge in [0, 0.05) is 29.7 Å². The fourth-order valence-electron chi connectivity index (χ4n) is 2.39. The first-order chi connectivity index (χ1) is 11.3. The Morgan fingerprint density at radius 3 is 2.71 bits per heavy atom. The van der Waals surface area contributed by atoms with E-state index in [1.54, 1.807) is 12.1 Å². The van der Waals surface area contributed by atoms with Crippen LogP contribution in [0.25, 0.3) is 0 Å². The summed E-state index contributed by atoms with van der Waals surface area (Å²) >= 11 is 5.74. The first kappa shape index (κ1) is 19.0. The van der Waals surface area contributed by atoms with E-state index in [0.717, 1.165) is 19.3 Å². The highest BCUT2D eigenvalue weighted by Crippen LogP contribution is 2.28. The molecule has 1 fully saturated rings. The molecule has 1 saturated carbocycles. The Hall–Kier alpha value is -1.33. The van der Waals surface area contributed by atoms with Crippen LogP contribution in [0.5, 0.6) is 0 Å². The normalized spacial score (nSPS) is 14.5. The van der Waals surface area contributed by atoms with E-state index >= 15 is 0 Å². The van der Waals surface area contributed by atoms with Gasteiger partial charge in [-0.05, 0) is 58.7 Å². The Morgan fingerprint density at radius 1 is 1.42 bits per heavy atom. The molecule has 1 amide bonds. The van der Waals surface area contributed by atoms with E-state index in [4.69, 9.17) is 16.3 Å². The molecule has 0 spiro atoms. The van der Waals surface area contributed by atoms with Crippen LogP contribution in [-0.4, -0.2) is 35.7 Å². The van der Waals surface area contributed by atoms with Gasteiger partial charge in [-0.15, -0.1) is 0 Å². The summed E-state index contributed by atoms with van der Waals surface area (Å²) in [7, 11) is 0. The minimum atomic E-state index is -0.478. The van der Waals surface area contributed by atoms with Crippen LogP contribution in [-0.2, 0) is 11.3 Å². The molecule has 6 heteroatoms. The van der Waals surface area contributed by atoms with Crippen molar-refractivity contribution in [2.45, 2.75) is 58.2 Å². The number of hydrogen-bond donors (Lipinski definition) is 1. The van der Waals surface area contributed by atoms with E-state index < -0.39 is 5.60 Å². The van der Waals surface area contributed by atoms with Crippen molar-refractivity contribution in [3.63, 3.8) is 0 Å². The highest BCUT2D eigenvalue weighted by molar-refractivity contribution is 6.30. The molecule has 1 aliphatic carbocycles. The maximum atomic E-state index is 13.7. The van der Waals surface area contributed by atoms with Gasteiger partial charge in [-0.1, -0.05) is 17.7 Å². The number of halogens is 2. The van der Waals surface area contributed by atoms with Gasteiger partial charge in [0.2, 0.25) is 0 Å². The van der Waals surface area contributed by atoms with Crippen molar-refractivity contribution in [2.24, 2.45) is 0 Å². The molecule has 1 aromatic rings. The zero-order valence-electron chi connectivity index (χ0n) is 14.6. The van der Waals surface area contributed by atoms with Crippen molar-refractivity contribution in [1.82, 2.24) is 10.2 Å². The second-order valence-electron chi connectivity index (χ2n) is 7.17. The third-order valence-corrected chi connectivity index (χ3v) is 3.93. The summed E-state index contributed by atoms with van der Waals surface area (Å²) in [6.07, 6.45) is 2.64. The molecule has 0 unspecified atom stereocenters. The standard InChI is InChI=1S/C18H26ClFN2O2/c1-18(2,3)24-17(23)22(15-7-8-15)10-4-9-21-12-13-5-6-14(19)11-16(13)20/h5-6,11,15,21H,4,7-10,12H2,1-3H3. The lowest BCUT2D eigenvalue weighted by molar-refractivity contribution is 0.0232. The Morgan fingerprint density at radius 2 is 2.12 bits per heavy atom. The number of nitrogens with zero attached hydrogens (tertiary/aromatic N) is 1.